The first-order valence-corrected chi connectivity index (χ1v) is 11.9. The molecule has 1 amide bonds. The Bertz CT molecular complexity index is 1050. The SMILES string of the molecule is COc1ccc(-c2csc(N(c3ccc(OC)cc3)C(C)C(=O)NCC3CCCO3)n2)cc1. The van der Waals surface area contributed by atoms with Gasteiger partial charge >= 0.3 is 0 Å². The highest BCUT2D eigenvalue weighted by Crippen LogP contribution is 2.35. The second kappa shape index (κ2) is 10.7. The lowest BCUT2D eigenvalue weighted by Gasteiger charge is -2.28. The molecule has 2 atom stereocenters. The summed E-state index contributed by atoms with van der Waals surface area (Å²) < 4.78 is 16.2. The van der Waals surface area contributed by atoms with Crippen molar-refractivity contribution in [3.63, 3.8) is 0 Å². The predicted octanol–water partition coefficient (Wildman–Crippen LogP) is 4.65. The summed E-state index contributed by atoms with van der Waals surface area (Å²) in [5, 5.41) is 5.80. The van der Waals surface area contributed by atoms with Crippen LogP contribution < -0.4 is 19.7 Å². The maximum Gasteiger partial charge on any atom is 0.242 e. The number of carbonyl (C=O) groups is 1. The molecule has 0 saturated carbocycles. The topological polar surface area (TPSA) is 72.9 Å². The Kier molecular flexibility index (Phi) is 7.47. The molecule has 174 valence electrons. The van der Waals surface area contributed by atoms with Crippen molar-refractivity contribution < 1.29 is 19.0 Å². The van der Waals surface area contributed by atoms with E-state index < -0.39 is 6.04 Å². The van der Waals surface area contributed by atoms with Gasteiger partial charge in [-0.1, -0.05) is 0 Å². The summed E-state index contributed by atoms with van der Waals surface area (Å²) in [6.07, 6.45) is 2.12. The average Bonchev–Trinajstić information content (AvgIpc) is 3.56. The molecule has 1 aliphatic rings. The first-order chi connectivity index (χ1) is 16.1. The molecule has 7 nitrogen and oxygen atoms in total. The Morgan fingerprint density at radius 3 is 2.42 bits per heavy atom. The highest BCUT2D eigenvalue weighted by Gasteiger charge is 2.27. The molecule has 33 heavy (non-hydrogen) atoms. The summed E-state index contributed by atoms with van der Waals surface area (Å²) in [7, 11) is 3.28. The molecule has 1 aliphatic heterocycles. The number of hydrogen-bond donors (Lipinski definition) is 1. The third-order valence-corrected chi connectivity index (χ3v) is 6.57. The van der Waals surface area contributed by atoms with Crippen molar-refractivity contribution in [2.24, 2.45) is 0 Å². The number of nitrogens with zero attached hydrogens (tertiary/aromatic N) is 2. The summed E-state index contributed by atoms with van der Waals surface area (Å²) in [5.41, 5.74) is 2.71. The standard InChI is InChI=1S/C25H29N3O4S/c1-17(24(29)26-15-22-5-4-14-32-22)28(19-8-12-21(31-3)13-9-19)25-27-23(16-33-25)18-6-10-20(30-2)11-7-18/h6-13,16-17,22H,4-5,14-15H2,1-3H3,(H,26,29). The van der Waals surface area contributed by atoms with Crippen molar-refractivity contribution in [2.75, 3.05) is 32.3 Å². The van der Waals surface area contributed by atoms with Gasteiger partial charge in [-0.15, -0.1) is 11.3 Å². The van der Waals surface area contributed by atoms with E-state index in [4.69, 9.17) is 19.2 Å². The van der Waals surface area contributed by atoms with Crippen LogP contribution in [0.4, 0.5) is 10.8 Å². The highest BCUT2D eigenvalue weighted by molar-refractivity contribution is 7.14. The fourth-order valence-corrected chi connectivity index (χ4v) is 4.73. The summed E-state index contributed by atoms with van der Waals surface area (Å²) >= 11 is 1.50. The van der Waals surface area contributed by atoms with Crippen molar-refractivity contribution in [2.45, 2.75) is 31.9 Å². The van der Waals surface area contributed by atoms with Crippen LogP contribution in [0.25, 0.3) is 11.3 Å². The van der Waals surface area contributed by atoms with E-state index in [-0.39, 0.29) is 12.0 Å². The number of ether oxygens (including phenoxy) is 3. The van der Waals surface area contributed by atoms with Crippen LogP contribution in [0, 0.1) is 0 Å². The fourth-order valence-electron chi connectivity index (χ4n) is 3.80. The summed E-state index contributed by atoms with van der Waals surface area (Å²) in [4.78, 5) is 19.9. The first kappa shape index (κ1) is 23.1. The molecular formula is C25H29N3O4S. The van der Waals surface area contributed by atoms with E-state index in [0.29, 0.717) is 6.54 Å². The molecule has 0 aliphatic carbocycles. The fraction of sp³-hybridized carbons (Fsp3) is 0.360. The molecule has 2 aromatic carbocycles. The molecule has 8 heteroatoms. The van der Waals surface area contributed by atoms with Gasteiger partial charge in [0.1, 0.15) is 17.5 Å². The van der Waals surface area contributed by atoms with Crippen LogP contribution in [0.1, 0.15) is 19.8 Å². The van der Waals surface area contributed by atoms with E-state index >= 15 is 0 Å². The van der Waals surface area contributed by atoms with Crippen LogP contribution in [0.5, 0.6) is 11.5 Å². The van der Waals surface area contributed by atoms with Crippen LogP contribution in [-0.2, 0) is 9.53 Å². The number of carbonyl (C=O) groups excluding carboxylic acids is 1. The second-order valence-electron chi connectivity index (χ2n) is 7.87. The summed E-state index contributed by atoms with van der Waals surface area (Å²) in [6.45, 7) is 3.18. The van der Waals surface area contributed by atoms with E-state index in [9.17, 15) is 4.79 Å². The molecule has 2 unspecified atom stereocenters. The van der Waals surface area contributed by atoms with Crippen molar-refractivity contribution in [1.29, 1.82) is 0 Å². The van der Waals surface area contributed by atoms with Crippen LogP contribution in [-0.4, -0.2) is 50.4 Å². The quantitative estimate of drug-likeness (QED) is 0.494. The predicted molar refractivity (Wildman–Crippen MR) is 131 cm³/mol. The number of methoxy groups -OCH3 is 2. The minimum atomic E-state index is -0.463. The van der Waals surface area contributed by atoms with Gasteiger partial charge in [-0.05, 0) is 68.3 Å². The molecule has 4 rings (SSSR count). The maximum atomic E-state index is 13.1. The highest BCUT2D eigenvalue weighted by atomic mass is 32.1. The molecule has 3 aromatic rings. The van der Waals surface area contributed by atoms with Crippen molar-refractivity contribution >= 4 is 28.1 Å². The Balaban J connectivity index is 1.59. The van der Waals surface area contributed by atoms with Gasteiger partial charge in [0.25, 0.3) is 0 Å². The van der Waals surface area contributed by atoms with E-state index in [1.807, 2.05) is 65.7 Å². The van der Waals surface area contributed by atoms with Gasteiger partial charge in [-0.3, -0.25) is 4.79 Å². The van der Waals surface area contributed by atoms with Crippen LogP contribution in [0.3, 0.4) is 0 Å². The minimum Gasteiger partial charge on any atom is -0.497 e. The smallest absolute Gasteiger partial charge is 0.242 e. The Morgan fingerprint density at radius 2 is 1.82 bits per heavy atom. The average molecular weight is 468 g/mol. The van der Waals surface area contributed by atoms with Gasteiger partial charge in [0.15, 0.2) is 5.13 Å². The Morgan fingerprint density at radius 1 is 1.15 bits per heavy atom. The Hall–Kier alpha value is -3.10. The summed E-state index contributed by atoms with van der Waals surface area (Å²) in [6, 6.07) is 15.0. The minimum absolute atomic E-state index is 0.0671. The van der Waals surface area contributed by atoms with Crippen molar-refractivity contribution in [3.8, 4) is 22.8 Å². The zero-order valence-electron chi connectivity index (χ0n) is 19.1. The Labute approximate surface area is 198 Å². The second-order valence-corrected chi connectivity index (χ2v) is 8.70. The molecule has 1 fully saturated rings. The number of rotatable bonds is 9. The number of thiazole rings is 1. The van der Waals surface area contributed by atoms with Crippen LogP contribution in [0.15, 0.2) is 53.9 Å². The molecule has 0 spiro atoms. The van der Waals surface area contributed by atoms with E-state index in [1.165, 1.54) is 11.3 Å². The van der Waals surface area contributed by atoms with E-state index in [2.05, 4.69) is 5.32 Å². The van der Waals surface area contributed by atoms with Gasteiger partial charge in [0, 0.05) is 29.8 Å². The molecule has 1 saturated heterocycles. The number of benzene rings is 2. The van der Waals surface area contributed by atoms with E-state index in [0.717, 1.165) is 53.0 Å². The van der Waals surface area contributed by atoms with Crippen LogP contribution >= 0.6 is 11.3 Å². The number of nitrogens with one attached hydrogen (secondary N) is 1. The molecule has 1 N–H and O–H groups in total. The van der Waals surface area contributed by atoms with Gasteiger partial charge in [-0.25, -0.2) is 4.98 Å². The van der Waals surface area contributed by atoms with Gasteiger partial charge < -0.3 is 24.4 Å². The normalized spacial score (nSPS) is 16.3. The van der Waals surface area contributed by atoms with Gasteiger partial charge in [0.2, 0.25) is 5.91 Å². The van der Waals surface area contributed by atoms with Gasteiger partial charge in [-0.2, -0.15) is 0 Å². The number of hydrogen-bond acceptors (Lipinski definition) is 7. The molecule has 1 aromatic heterocycles. The summed E-state index contributed by atoms with van der Waals surface area (Å²) in [5.74, 6) is 1.49. The first-order valence-electron chi connectivity index (χ1n) is 11.0. The lowest BCUT2D eigenvalue weighted by molar-refractivity contribution is -0.122. The number of aromatic nitrogens is 1. The maximum absolute atomic E-state index is 13.1. The third kappa shape index (κ3) is 5.46. The van der Waals surface area contributed by atoms with Crippen molar-refractivity contribution in [1.82, 2.24) is 10.3 Å². The number of anilines is 2. The molecule has 2 heterocycles. The van der Waals surface area contributed by atoms with Gasteiger partial charge in [0.05, 0.1) is 26.0 Å². The van der Waals surface area contributed by atoms with Crippen molar-refractivity contribution in [3.05, 3.63) is 53.9 Å². The third-order valence-electron chi connectivity index (χ3n) is 5.73. The molecule has 0 radical (unpaired) electrons. The molecule has 0 bridgehead atoms. The largest absolute Gasteiger partial charge is 0.497 e. The number of amides is 1. The van der Waals surface area contributed by atoms with E-state index in [1.54, 1.807) is 14.2 Å². The monoisotopic (exact) mass is 467 g/mol. The van der Waals surface area contributed by atoms with Crippen LogP contribution in [0.2, 0.25) is 0 Å². The lowest BCUT2D eigenvalue weighted by atomic mass is 10.2. The zero-order chi connectivity index (χ0) is 23.2. The molecular weight excluding hydrogens is 438 g/mol. The zero-order valence-corrected chi connectivity index (χ0v) is 19.9. The lowest BCUT2D eigenvalue weighted by Crippen LogP contribution is -2.45.